The highest BCUT2D eigenvalue weighted by molar-refractivity contribution is 7.13. The van der Waals surface area contributed by atoms with E-state index in [0.717, 1.165) is 18.2 Å². The molecule has 1 aromatic rings. The van der Waals surface area contributed by atoms with Crippen LogP contribution in [-0.2, 0) is 14.3 Å². The zero-order valence-electron chi connectivity index (χ0n) is 13.5. The number of amides is 2. The van der Waals surface area contributed by atoms with Crippen molar-refractivity contribution in [2.24, 2.45) is 0 Å². The SMILES string of the molecule is CC(=O)N1CCO[C@](C)(C(=O)N2CCN(c3nccs3)CC2)C1. The molecule has 2 aliphatic heterocycles. The highest BCUT2D eigenvalue weighted by atomic mass is 32.1. The molecule has 3 rings (SSSR count). The fourth-order valence-corrected chi connectivity index (χ4v) is 3.77. The summed E-state index contributed by atoms with van der Waals surface area (Å²) in [4.78, 5) is 34.5. The number of hydrogen-bond donors (Lipinski definition) is 0. The lowest BCUT2D eigenvalue weighted by atomic mass is 10.0. The van der Waals surface area contributed by atoms with Crippen LogP contribution < -0.4 is 4.90 Å². The highest BCUT2D eigenvalue weighted by Gasteiger charge is 2.43. The van der Waals surface area contributed by atoms with Gasteiger partial charge in [0, 0.05) is 51.2 Å². The molecule has 0 bridgehead atoms. The number of thiazole rings is 1. The summed E-state index contributed by atoms with van der Waals surface area (Å²) in [5.41, 5.74) is -0.937. The summed E-state index contributed by atoms with van der Waals surface area (Å²) in [6.45, 7) is 7.44. The van der Waals surface area contributed by atoms with Gasteiger partial charge in [0.2, 0.25) is 5.91 Å². The smallest absolute Gasteiger partial charge is 0.256 e. The van der Waals surface area contributed by atoms with Gasteiger partial charge in [0.15, 0.2) is 10.7 Å². The Bertz CT molecular complexity index is 571. The van der Waals surface area contributed by atoms with E-state index < -0.39 is 5.60 Å². The highest BCUT2D eigenvalue weighted by Crippen LogP contribution is 2.23. The molecule has 0 aromatic carbocycles. The number of carbonyl (C=O) groups is 2. The van der Waals surface area contributed by atoms with Crippen LogP contribution in [0.4, 0.5) is 5.13 Å². The van der Waals surface area contributed by atoms with Gasteiger partial charge in [-0.1, -0.05) is 0 Å². The van der Waals surface area contributed by atoms with Crippen molar-refractivity contribution in [1.29, 1.82) is 0 Å². The number of ether oxygens (including phenoxy) is 1. The monoisotopic (exact) mass is 338 g/mol. The van der Waals surface area contributed by atoms with Crippen LogP contribution in [0.5, 0.6) is 0 Å². The number of nitrogens with zero attached hydrogens (tertiary/aromatic N) is 4. The molecule has 2 amide bonds. The first-order valence-electron chi connectivity index (χ1n) is 7.83. The predicted octanol–water partition coefficient (Wildman–Crippen LogP) is 0.429. The molecule has 7 nitrogen and oxygen atoms in total. The largest absolute Gasteiger partial charge is 0.362 e. The first kappa shape index (κ1) is 16.2. The molecule has 0 aliphatic carbocycles. The Morgan fingerprint density at radius 3 is 2.57 bits per heavy atom. The Morgan fingerprint density at radius 2 is 1.96 bits per heavy atom. The Morgan fingerprint density at radius 1 is 1.22 bits per heavy atom. The van der Waals surface area contributed by atoms with Gasteiger partial charge in [-0.15, -0.1) is 11.3 Å². The molecular weight excluding hydrogens is 316 g/mol. The molecule has 8 heteroatoms. The maximum atomic E-state index is 12.9. The third kappa shape index (κ3) is 3.32. The minimum atomic E-state index is -0.937. The van der Waals surface area contributed by atoms with Crippen LogP contribution in [0.15, 0.2) is 11.6 Å². The van der Waals surface area contributed by atoms with Gasteiger partial charge in [-0.2, -0.15) is 0 Å². The maximum Gasteiger partial charge on any atom is 0.256 e. The Labute approximate surface area is 139 Å². The van der Waals surface area contributed by atoms with E-state index in [1.807, 2.05) is 10.3 Å². The van der Waals surface area contributed by atoms with E-state index in [1.54, 1.807) is 29.4 Å². The van der Waals surface area contributed by atoms with Gasteiger partial charge in [0.25, 0.3) is 5.91 Å². The molecule has 0 unspecified atom stereocenters. The lowest BCUT2D eigenvalue weighted by Crippen LogP contribution is -2.62. The van der Waals surface area contributed by atoms with Gasteiger partial charge in [-0.3, -0.25) is 9.59 Å². The minimum Gasteiger partial charge on any atom is -0.362 e. The number of anilines is 1. The molecule has 23 heavy (non-hydrogen) atoms. The van der Waals surface area contributed by atoms with Crippen LogP contribution in [0.3, 0.4) is 0 Å². The molecule has 0 spiro atoms. The summed E-state index contributed by atoms with van der Waals surface area (Å²) in [5.74, 6) is -0.0387. The Kier molecular flexibility index (Phi) is 4.54. The zero-order chi connectivity index (χ0) is 16.4. The lowest BCUT2D eigenvalue weighted by molar-refractivity contribution is -0.171. The van der Waals surface area contributed by atoms with E-state index in [4.69, 9.17) is 4.74 Å². The fraction of sp³-hybridized carbons (Fsp3) is 0.667. The number of rotatable bonds is 2. The molecule has 1 aromatic heterocycles. The van der Waals surface area contributed by atoms with Crippen molar-refractivity contribution in [1.82, 2.24) is 14.8 Å². The number of carbonyl (C=O) groups excluding carboxylic acids is 2. The van der Waals surface area contributed by atoms with Crippen molar-refractivity contribution < 1.29 is 14.3 Å². The quantitative estimate of drug-likeness (QED) is 0.782. The summed E-state index contributed by atoms with van der Waals surface area (Å²) in [6, 6.07) is 0. The van der Waals surface area contributed by atoms with Gasteiger partial charge in [-0.05, 0) is 6.92 Å². The summed E-state index contributed by atoms with van der Waals surface area (Å²) < 4.78 is 5.75. The van der Waals surface area contributed by atoms with E-state index >= 15 is 0 Å². The predicted molar refractivity (Wildman–Crippen MR) is 87.5 cm³/mol. The van der Waals surface area contributed by atoms with Crippen molar-refractivity contribution >= 4 is 28.3 Å². The first-order valence-corrected chi connectivity index (χ1v) is 8.71. The second kappa shape index (κ2) is 6.45. The second-order valence-electron chi connectivity index (χ2n) is 6.11. The Balaban J connectivity index is 1.61. The van der Waals surface area contributed by atoms with Gasteiger partial charge < -0.3 is 19.4 Å². The van der Waals surface area contributed by atoms with Crippen LogP contribution in [0.2, 0.25) is 0 Å². The van der Waals surface area contributed by atoms with Crippen LogP contribution in [0, 0.1) is 0 Å². The molecule has 0 saturated carbocycles. The van der Waals surface area contributed by atoms with Crippen LogP contribution >= 0.6 is 11.3 Å². The van der Waals surface area contributed by atoms with Crippen molar-refractivity contribution in [3.05, 3.63) is 11.6 Å². The maximum absolute atomic E-state index is 12.9. The van der Waals surface area contributed by atoms with Crippen molar-refractivity contribution in [2.45, 2.75) is 19.4 Å². The van der Waals surface area contributed by atoms with E-state index in [0.29, 0.717) is 32.8 Å². The number of hydrogen-bond acceptors (Lipinski definition) is 6. The summed E-state index contributed by atoms with van der Waals surface area (Å²) in [7, 11) is 0. The van der Waals surface area contributed by atoms with E-state index in [1.165, 1.54) is 6.92 Å². The van der Waals surface area contributed by atoms with E-state index in [9.17, 15) is 9.59 Å². The van der Waals surface area contributed by atoms with Crippen LogP contribution in [-0.4, -0.2) is 78.1 Å². The molecule has 2 fully saturated rings. The average Bonchev–Trinajstić information content (AvgIpc) is 3.09. The standard InChI is InChI=1S/C15H22N4O3S/c1-12(20)19-8-9-22-15(2,11-19)13(21)17-4-6-18(7-5-17)14-16-3-10-23-14/h3,10H,4-9,11H2,1-2H3/t15-/m0/s1. The molecular formula is C15H22N4O3S. The molecule has 3 heterocycles. The Hall–Kier alpha value is -1.67. The van der Waals surface area contributed by atoms with E-state index in [-0.39, 0.29) is 11.8 Å². The van der Waals surface area contributed by atoms with Gasteiger partial charge in [0.05, 0.1) is 13.2 Å². The summed E-state index contributed by atoms with van der Waals surface area (Å²) in [6.07, 6.45) is 1.80. The van der Waals surface area contributed by atoms with Gasteiger partial charge in [0.1, 0.15) is 0 Å². The molecule has 2 aliphatic rings. The van der Waals surface area contributed by atoms with Crippen molar-refractivity contribution in [3.8, 4) is 0 Å². The van der Waals surface area contributed by atoms with Crippen molar-refractivity contribution in [2.75, 3.05) is 50.8 Å². The zero-order valence-corrected chi connectivity index (χ0v) is 14.3. The van der Waals surface area contributed by atoms with Crippen LogP contribution in [0.25, 0.3) is 0 Å². The first-order chi connectivity index (χ1) is 11.0. The summed E-state index contributed by atoms with van der Waals surface area (Å²) >= 11 is 1.61. The number of aromatic nitrogens is 1. The number of piperazine rings is 1. The third-order valence-corrected chi connectivity index (χ3v) is 5.26. The normalized spacial score (nSPS) is 25.6. The van der Waals surface area contributed by atoms with Gasteiger partial charge in [-0.25, -0.2) is 4.98 Å². The van der Waals surface area contributed by atoms with E-state index in [2.05, 4.69) is 9.88 Å². The van der Waals surface area contributed by atoms with Crippen molar-refractivity contribution in [3.63, 3.8) is 0 Å². The fourth-order valence-electron chi connectivity index (χ4n) is 3.08. The van der Waals surface area contributed by atoms with Gasteiger partial charge >= 0.3 is 0 Å². The average molecular weight is 338 g/mol. The summed E-state index contributed by atoms with van der Waals surface area (Å²) in [5, 5.41) is 2.96. The lowest BCUT2D eigenvalue weighted by Gasteiger charge is -2.43. The molecule has 0 N–H and O–H groups in total. The molecule has 0 radical (unpaired) electrons. The molecule has 2 saturated heterocycles. The second-order valence-corrected chi connectivity index (χ2v) is 6.99. The number of morpholine rings is 1. The topological polar surface area (TPSA) is 66.0 Å². The third-order valence-electron chi connectivity index (χ3n) is 4.43. The van der Waals surface area contributed by atoms with Crippen LogP contribution in [0.1, 0.15) is 13.8 Å². The molecule has 126 valence electrons. The molecule has 1 atom stereocenters. The minimum absolute atomic E-state index is 0.0130.